The van der Waals surface area contributed by atoms with Gasteiger partial charge in [-0.3, -0.25) is 19.3 Å². The number of ether oxygens (including phenoxy) is 1. The summed E-state index contributed by atoms with van der Waals surface area (Å²) in [5.41, 5.74) is 0. The maximum absolute atomic E-state index is 12.1. The van der Waals surface area contributed by atoms with Gasteiger partial charge in [0.1, 0.15) is 6.54 Å². The maximum atomic E-state index is 12.1. The molecule has 0 unspecified atom stereocenters. The fourth-order valence-corrected chi connectivity index (χ4v) is 2.45. The van der Waals surface area contributed by atoms with Crippen LogP contribution in [0.15, 0.2) is 0 Å². The predicted molar refractivity (Wildman–Crippen MR) is 75.6 cm³/mol. The highest BCUT2D eigenvalue weighted by atomic mass is 16.5. The Morgan fingerprint density at radius 1 is 1.27 bits per heavy atom. The lowest BCUT2D eigenvalue weighted by atomic mass is 10.2. The molecule has 0 aromatic heterocycles. The van der Waals surface area contributed by atoms with Crippen molar-refractivity contribution < 1.29 is 23.9 Å². The lowest BCUT2D eigenvalue weighted by molar-refractivity contribution is -0.144. The third-order valence-electron chi connectivity index (χ3n) is 3.54. The summed E-state index contributed by atoms with van der Waals surface area (Å²) in [6.45, 7) is 4.42. The minimum atomic E-state index is -0.946. The molecule has 122 valence electrons. The van der Waals surface area contributed by atoms with Crippen LogP contribution in [0.25, 0.3) is 0 Å². The Bertz CT molecular complexity index is 485. The molecule has 2 rings (SSSR count). The second-order valence-corrected chi connectivity index (χ2v) is 5.92. The minimum Gasteiger partial charge on any atom is -0.376 e. The Labute approximate surface area is 128 Å². The molecule has 0 aliphatic carbocycles. The molecule has 0 bridgehead atoms. The number of hydrogen-bond donors (Lipinski definition) is 1. The summed E-state index contributed by atoms with van der Waals surface area (Å²) < 4.78 is 5.37. The molecule has 0 aromatic carbocycles. The van der Waals surface area contributed by atoms with Crippen LogP contribution in [0, 0.1) is 5.92 Å². The van der Waals surface area contributed by atoms with Gasteiger partial charge < -0.3 is 10.1 Å². The summed E-state index contributed by atoms with van der Waals surface area (Å²) in [6, 6.07) is -0.726. The fourth-order valence-electron chi connectivity index (χ4n) is 2.45. The number of carbonyl (C=O) groups excluding carboxylic acids is 4. The van der Waals surface area contributed by atoms with Crippen LogP contribution in [0.3, 0.4) is 0 Å². The largest absolute Gasteiger partial charge is 0.376 e. The van der Waals surface area contributed by atoms with E-state index in [1.54, 1.807) is 0 Å². The van der Waals surface area contributed by atoms with E-state index >= 15 is 0 Å². The van der Waals surface area contributed by atoms with E-state index in [2.05, 4.69) is 5.32 Å². The van der Waals surface area contributed by atoms with Crippen molar-refractivity contribution in [2.24, 2.45) is 5.92 Å². The van der Waals surface area contributed by atoms with Gasteiger partial charge in [0.15, 0.2) is 0 Å². The highest BCUT2D eigenvalue weighted by Crippen LogP contribution is 2.14. The van der Waals surface area contributed by atoms with E-state index in [0.717, 1.165) is 17.7 Å². The van der Waals surface area contributed by atoms with Crippen LogP contribution >= 0.6 is 0 Å². The average molecular weight is 311 g/mol. The topological polar surface area (TPSA) is 96.0 Å². The molecular weight excluding hydrogens is 290 g/mol. The molecule has 22 heavy (non-hydrogen) atoms. The minimum absolute atomic E-state index is 0.0204. The van der Waals surface area contributed by atoms with Gasteiger partial charge in [-0.1, -0.05) is 13.8 Å². The molecule has 0 aromatic rings. The first kappa shape index (κ1) is 16.4. The first-order chi connectivity index (χ1) is 10.4. The number of amides is 5. The van der Waals surface area contributed by atoms with Crippen molar-refractivity contribution >= 4 is 23.8 Å². The number of urea groups is 1. The van der Waals surface area contributed by atoms with E-state index in [0.29, 0.717) is 18.1 Å². The Kier molecular flexibility index (Phi) is 5.12. The monoisotopic (exact) mass is 311 g/mol. The highest BCUT2D eigenvalue weighted by Gasteiger charge is 2.45. The van der Waals surface area contributed by atoms with Crippen LogP contribution in [-0.4, -0.2) is 65.9 Å². The number of rotatable bonds is 6. The van der Waals surface area contributed by atoms with E-state index < -0.39 is 30.3 Å². The zero-order chi connectivity index (χ0) is 16.3. The van der Waals surface area contributed by atoms with Crippen molar-refractivity contribution in [3.05, 3.63) is 0 Å². The number of nitrogens with zero attached hydrogens (tertiary/aromatic N) is 2. The predicted octanol–water partition coefficient (Wildman–Crippen LogP) is -0.272. The first-order valence-electron chi connectivity index (χ1n) is 7.45. The molecule has 2 fully saturated rings. The normalized spacial score (nSPS) is 22.1. The lowest BCUT2D eigenvalue weighted by Gasteiger charge is -2.17. The van der Waals surface area contributed by atoms with Crippen LogP contribution in [0.5, 0.6) is 0 Å². The van der Waals surface area contributed by atoms with Gasteiger partial charge in [0, 0.05) is 19.7 Å². The molecule has 0 spiro atoms. The molecular formula is C14H21N3O5. The number of nitrogens with one attached hydrogen (secondary N) is 1. The standard InChI is InChI=1S/C14H21N3O5/c1-9(2)7-16-12(19)13(20)17(14(16)21)8-11(18)15-6-10-4-3-5-22-10/h9-10H,3-8H2,1-2H3,(H,15,18)/t10-/m1/s1. The summed E-state index contributed by atoms with van der Waals surface area (Å²) in [6.07, 6.45) is 1.82. The van der Waals surface area contributed by atoms with Crippen LogP contribution in [-0.2, 0) is 19.1 Å². The van der Waals surface area contributed by atoms with Gasteiger partial charge in [0.25, 0.3) is 0 Å². The maximum Gasteiger partial charge on any atom is 0.334 e. The van der Waals surface area contributed by atoms with Gasteiger partial charge in [-0.2, -0.15) is 0 Å². The molecule has 8 nitrogen and oxygen atoms in total. The van der Waals surface area contributed by atoms with Gasteiger partial charge in [0.05, 0.1) is 6.10 Å². The third-order valence-corrected chi connectivity index (χ3v) is 3.54. The van der Waals surface area contributed by atoms with Crippen molar-refractivity contribution in [2.75, 3.05) is 26.2 Å². The second kappa shape index (κ2) is 6.87. The SMILES string of the molecule is CC(C)CN1C(=O)C(=O)N(CC(=O)NC[C@H]2CCCO2)C1=O. The van der Waals surface area contributed by atoms with Crippen LogP contribution < -0.4 is 5.32 Å². The van der Waals surface area contributed by atoms with Gasteiger partial charge in [0.2, 0.25) is 5.91 Å². The summed E-state index contributed by atoms with van der Waals surface area (Å²) in [5.74, 6) is -2.24. The van der Waals surface area contributed by atoms with Gasteiger partial charge >= 0.3 is 17.8 Å². The summed E-state index contributed by atoms with van der Waals surface area (Å²) >= 11 is 0. The molecule has 5 amide bonds. The van der Waals surface area contributed by atoms with Gasteiger partial charge in [-0.25, -0.2) is 9.69 Å². The van der Waals surface area contributed by atoms with E-state index in [1.807, 2.05) is 13.8 Å². The van der Waals surface area contributed by atoms with Crippen molar-refractivity contribution in [1.29, 1.82) is 0 Å². The smallest absolute Gasteiger partial charge is 0.334 e. The molecule has 1 atom stereocenters. The third kappa shape index (κ3) is 3.62. The summed E-state index contributed by atoms with van der Waals surface area (Å²) in [5, 5.41) is 2.62. The van der Waals surface area contributed by atoms with E-state index in [4.69, 9.17) is 4.74 Å². The second-order valence-electron chi connectivity index (χ2n) is 5.92. The van der Waals surface area contributed by atoms with E-state index in [-0.39, 0.29) is 18.6 Å². The molecule has 8 heteroatoms. The molecule has 2 saturated heterocycles. The zero-order valence-electron chi connectivity index (χ0n) is 12.8. The molecule has 0 saturated carbocycles. The van der Waals surface area contributed by atoms with E-state index in [9.17, 15) is 19.2 Å². The van der Waals surface area contributed by atoms with Crippen molar-refractivity contribution in [3.63, 3.8) is 0 Å². The molecule has 2 heterocycles. The van der Waals surface area contributed by atoms with Crippen molar-refractivity contribution in [2.45, 2.75) is 32.8 Å². The lowest BCUT2D eigenvalue weighted by Crippen LogP contribution is -2.43. The fraction of sp³-hybridized carbons (Fsp3) is 0.714. The zero-order valence-corrected chi connectivity index (χ0v) is 12.8. The molecule has 1 N–H and O–H groups in total. The Hall–Kier alpha value is -1.96. The number of carbonyl (C=O) groups is 4. The van der Waals surface area contributed by atoms with Gasteiger partial charge in [-0.15, -0.1) is 0 Å². The number of hydrogen-bond acceptors (Lipinski definition) is 5. The molecule has 0 radical (unpaired) electrons. The van der Waals surface area contributed by atoms with Gasteiger partial charge in [-0.05, 0) is 18.8 Å². The highest BCUT2D eigenvalue weighted by molar-refractivity contribution is 6.45. The summed E-state index contributed by atoms with van der Waals surface area (Å²) in [4.78, 5) is 49.1. The Morgan fingerprint density at radius 3 is 2.55 bits per heavy atom. The Balaban J connectivity index is 1.88. The quantitative estimate of drug-likeness (QED) is 0.538. The van der Waals surface area contributed by atoms with Crippen LogP contribution in [0.4, 0.5) is 4.79 Å². The number of imide groups is 2. The summed E-state index contributed by atoms with van der Waals surface area (Å²) in [7, 11) is 0. The Morgan fingerprint density at radius 2 is 1.95 bits per heavy atom. The molecule has 2 aliphatic rings. The van der Waals surface area contributed by atoms with Crippen molar-refractivity contribution in [3.8, 4) is 0 Å². The molecule has 2 aliphatic heterocycles. The van der Waals surface area contributed by atoms with Crippen LogP contribution in [0.1, 0.15) is 26.7 Å². The first-order valence-corrected chi connectivity index (χ1v) is 7.45. The van der Waals surface area contributed by atoms with E-state index in [1.165, 1.54) is 0 Å². The van der Waals surface area contributed by atoms with Crippen LogP contribution in [0.2, 0.25) is 0 Å². The van der Waals surface area contributed by atoms with Crippen molar-refractivity contribution in [1.82, 2.24) is 15.1 Å². The average Bonchev–Trinajstić information content (AvgIpc) is 3.04.